The van der Waals surface area contributed by atoms with Gasteiger partial charge in [-0.1, -0.05) is 20.8 Å². The Labute approximate surface area is 111 Å². The van der Waals surface area contributed by atoms with Crippen LogP contribution in [0.1, 0.15) is 33.6 Å². The highest BCUT2D eigenvalue weighted by Gasteiger charge is 2.35. The van der Waals surface area contributed by atoms with Gasteiger partial charge in [0, 0.05) is 19.6 Å². The highest BCUT2D eigenvalue weighted by molar-refractivity contribution is 5.79. The van der Waals surface area contributed by atoms with Crippen molar-refractivity contribution in [2.45, 2.75) is 39.7 Å². The summed E-state index contributed by atoms with van der Waals surface area (Å²) in [6.07, 6.45) is 2.14. The molecule has 1 aliphatic rings. The minimum absolute atomic E-state index is 0.00582. The topological polar surface area (TPSA) is 41.6 Å². The number of amides is 1. The fourth-order valence-corrected chi connectivity index (χ4v) is 2.17. The smallest absolute Gasteiger partial charge is 0.229 e. The van der Waals surface area contributed by atoms with E-state index in [0.717, 1.165) is 25.9 Å². The Morgan fingerprint density at radius 3 is 2.78 bits per heavy atom. The first-order chi connectivity index (χ1) is 8.56. The number of ether oxygens (including phenoxy) is 1. The second-order valence-electron chi connectivity index (χ2n) is 5.65. The molecule has 2 atom stereocenters. The van der Waals surface area contributed by atoms with Gasteiger partial charge in [-0.2, -0.15) is 0 Å². The zero-order chi connectivity index (χ0) is 13.5. The van der Waals surface area contributed by atoms with Crippen LogP contribution in [-0.4, -0.2) is 50.2 Å². The van der Waals surface area contributed by atoms with Crippen LogP contribution in [-0.2, 0) is 9.53 Å². The van der Waals surface area contributed by atoms with Gasteiger partial charge < -0.3 is 15.0 Å². The van der Waals surface area contributed by atoms with Gasteiger partial charge in [0.15, 0.2) is 0 Å². The summed E-state index contributed by atoms with van der Waals surface area (Å²) >= 11 is 0. The first-order valence-electron chi connectivity index (χ1n) is 7.12. The molecule has 0 bridgehead atoms. The number of carbonyl (C=O) groups is 1. The van der Waals surface area contributed by atoms with Crippen LogP contribution in [0.25, 0.3) is 0 Å². The van der Waals surface area contributed by atoms with E-state index >= 15 is 0 Å². The largest absolute Gasteiger partial charge is 0.379 e. The molecule has 4 nitrogen and oxygen atoms in total. The molecule has 1 rings (SSSR count). The summed E-state index contributed by atoms with van der Waals surface area (Å²) < 4.78 is 5.45. The lowest BCUT2D eigenvalue weighted by atomic mass is 10.0. The number of nitrogens with one attached hydrogen (secondary N) is 1. The van der Waals surface area contributed by atoms with Crippen LogP contribution in [0.4, 0.5) is 0 Å². The molecule has 1 aliphatic heterocycles. The molecule has 1 N–H and O–H groups in total. The van der Waals surface area contributed by atoms with Crippen molar-refractivity contribution < 1.29 is 9.53 Å². The Bertz CT molecular complexity index is 256. The summed E-state index contributed by atoms with van der Waals surface area (Å²) in [7, 11) is 1.90. The zero-order valence-corrected chi connectivity index (χ0v) is 12.2. The molecule has 1 amide bonds. The van der Waals surface area contributed by atoms with Gasteiger partial charge in [-0.25, -0.2) is 0 Å². The van der Waals surface area contributed by atoms with Crippen molar-refractivity contribution in [3.63, 3.8) is 0 Å². The van der Waals surface area contributed by atoms with Crippen molar-refractivity contribution in [2.75, 3.05) is 33.4 Å². The maximum absolute atomic E-state index is 12.3. The van der Waals surface area contributed by atoms with Gasteiger partial charge in [0.25, 0.3) is 0 Å². The summed E-state index contributed by atoms with van der Waals surface area (Å²) in [5, 5.41) is 3.41. The second-order valence-corrected chi connectivity index (χ2v) is 5.65. The number of hydrogen-bond acceptors (Lipinski definition) is 3. The SMILES string of the molecule is CCCNC1COCC1C(=O)N(C)CCC(C)C. The highest BCUT2D eigenvalue weighted by Crippen LogP contribution is 2.17. The standard InChI is InChI=1S/C14H28N2O2/c1-5-7-15-13-10-18-9-12(13)14(17)16(4)8-6-11(2)3/h11-13,15H,5-10H2,1-4H3. The second kappa shape index (κ2) is 7.74. The maximum Gasteiger partial charge on any atom is 0.229 e. The van der Waals surface area contributed by atoms with E-state index < -0.39 is 0 Å². The monoisotopic (exact) mass is 256 g/mol. The van der Waals surface area contributed by atoms with Crippen LogP contribution in [0, 0.1) is 11.8 Å². The van der Waals surface area contributed by atoms with Crippen LogP contribution in [0.3, 0.4) is 0 Å². The molecule has 0 aromatic heterocycles. The molecule has 18 heavy (non-hydrogen) atoms. The van der Waals surface area contributed by atoms with Crippen molar-refractivity contribution in [1.82, 2.24) is 10.2 Å². The summed E-state index contributed by atoms with van der Waals surface area (Å²) in [6, 6.07) is 0.193. The molecule has 0 aromatic rings. The van der Waals surface area contributed by atoms with Crippen molar-refractivity contribution in [3.8, 4) is 0 Å². The number of nitrogens with zero attached hydrogens (tertiary/aromatic N) is 1. The molecule has 1 saturated heterocycles. The normalized spacial score (nSPS) is 23.6. The molecular weight excluding hydrogens is 228 g/mol. The predicted molar refractivity (Wildman–Crippen MR) is 73.5 cm³/mol. The summed E-state index contributed by atoms with van der Waals surface area (Å²) in [5.74, 6) is 0.851. The lowest BCUT2D eigenvalue weighted by Crippen LogP contribution is -2.45. The van der Waals surface area contributed by atoms with Crippen LogP contribution >= 0.6 is 0 Å². The first kappa shape index (κ1) is 15.4. The van der Waals surface area contributed by atoms with E-state index in [-0.39, 0.29) is 17.9 Å². The number of rotatable bonds is 7. The van der Waals surface area contributed by atoms with Gasteiger partial charge in [0.05, 0.1) is 19.1 Å². The fraction of sp³-hybridized carbons (Fsp3) is 0.929. The van der Waals surface area contributed by atoms with Crippen LogP contribution in [0.15, 0.2) is 0 Å². The van der Waals surface area contributed by atoms with Crippen molar-refractivity contribution in [3.05, 3.63) is 0 Å². The third-order valence-corrected chi connectivity index (χ3v) is 3.47. The van der Waals surface area contributed by atoms with E-state index in [1.807, 2.05) is 11.9 Å². The minimum Gasteiger partial charge on any atom is -0.379 e. The molecule has 1 heterocycles. The van der Waals surface area contributed by atoms with Crippen LogP contribution in [0.2, 0.25) is 0 Å². The Hall–Kier alpha value is -0.610. The van der Waals surface area contributed by atoms with Crippen LogP contribution in [0.5, 0.6) is 0 Å². The molecule has 0 spiro atoms. The molecule has 0 aliphatic carbocycles. The van der Waals surface area contributed by atoms with Crippen molar-refractivity contribution in [2.24, 2.45) is 11.8 Å². The van der Waals surface area contributed by atoms with Gasteiger partial charge in [-0.15, -0.1) is 0 Å². The van der Waals surface area contributed by atoms with E-state index in [2.05, 4.69) is 26.1 Å². The van der Waals surface area contributed by atoms with Gasteiger partial charge in [0.1, 0.15) is 0 Å². The maximum atomic E-state index is 12.3. The predicted octanol–water partition coefficient (Wildman–Crippen LogP) is 1.51. The van der Waals surface area contributed by atoms with Crippen molar-refractivity contribution in [1.29, 1.82) is 0 Å². The molecule has 0 aromatic carbocycles. The van der Waals surface area contributed by atoms with E-state index in [0.29, 0.717) is 19.1 Å². The van der Waals surface area contributed by atoms with E-state index in [1.165, 1.54) is 0 Å². The Morgan fingerprint density at radius 1 is 1.44 bits per heavy atom. The Kier molecular flexibility index (Phi) is 6.65. The van der Waals surface area contributed by atoms with Gasteiger partial charge >= 0.3 is 0 Å². The molecule has 1 fully saturated rings. The summed E-state index contributed by atoms with van der Waals surface area (Å²) in [4.78, 5) is 14.2. The third-order valence-electron chi connectivity index (χ3n) is 3.47. The molecule has 106 valence electrons. The molecular formula is C14H28N2O2. The summed E-state index contributed by atoms with van der Waals surface area (Å²) in [6.45, 7) is 9.52. The highest BCUT2D eigenvalue weighted by atomic mass is 16.5. The Morgan fingerprint density at radius 2 is 2.17 bits per heavy atom. The quantitative estimate of drug-likeness (QED) is 0.750. The van der Waals surface area contributed by atoms with E-state index in [1.54, 1.807) is 0 Å². The lowest BCUT2D eigenvalue weighted by Gasteiger charge is -2.25. The van der Waals surface area contributed by atoms with Gasteiger partial charge in [-0.3, -0.25) is 4.79 Å². The molecule has 2 unspecified atom stereocenters. The van der Waals surface area contributed by atoms with Crippen LogP contribution < -0.4 is 5.32 Å². The number of hydrogen-bond donors (Lipinski definition) is 1. The van der Waals surface area contributed by atoms with E-state index in [9.17, 15) is 4.79 Å². The average molecular weight is 256 g/mol. The molecule has 0 saturated carbocycles. The minimum atomic E-state index is -0.00582. The van der Waals surface area contributed by atoms with Gasteiger partial charge in [0.2, 0.25) is 5.91 Å². The number of carbonyl (C=O) groups excluding carboxylic acids is 1. The van der Waals surface area contributed by atoms with E-state index in [4.69, 9.17) is 4.74 Å². The first-order valence-corrected chi connectivity index (χ1v) is 7.12. The zero-order valence-electron chi connectivity index (χ0n) is 12.2. The Balaban J connectivity index is 2.43. The van der Waals surface area contributed by atoms with Crippen molar-refractivity contribution >= 4 is 5.91 Å². The van der Waals surface area contributed by atoms with Gasteiger partial charge in [-0.05, 0) is 25.3 Å². The fourth-order valence-electron chi connectivity index (χ4n) is 2.17. The summed E-state index contributed by atoms with van der Waals surface area (Å²) in [5.41, 5.74) is 0. The molecule has 0 radical (unpaired) electrons. The third kappa shape index (κ3) is 4.58. The average Bonchev–Trinajstić information content (AvgIpc) is 2.80. The lowest BCUT2D eigenvalue weighted by molar-refractivity contribution is -0.134. The molecule has 4 heteroatoms.